The molecular formula is C17H25NO3. The summed E-state index contributed by atoms with van der Waals surface area (Å²) in [5.74, 6) is 1.47. The van der Waals surface area contributed by atoms with Crippen molar-refractivity contribution >= 4 is 11.6 Å². The number of rotatable bonds is 6. The molecule has 0 heterocycles. The highest BCUT2D eigenvalue weighted by atomic mass is 16.5. The van der Waals surface area contributed by atoms with Crippen molar-refractivity contribution in [2.45, 2.75) is 52.1 Å². The van der Waals surface area contributed by atoms with Crippen molar-refractivity contribution in [3.05, 3.63) is 18.2 Å². The monoisotopic (exact) mass is 291 g/mol. The molecule has 1 unspecified atom stereocenters. The van der Waals surface area contributed by atoms with Crippen LogP contribution in [0, 0.1) is 5.92 Å². The lowest BCUT2D eigenvalue weighted by Crippen LogP contribution is -2.19. The molecule has 4 heteroatoms. The number of methoxy groups -OCH3 is 1. The average molecular weight is 291 g/mol. The fraction of sp³-hybridized carbons (Fsp3) is 0.588. The smallest absolute Gasteiger partial charge is 0.227 e. The first kappa shape index (κ1) is 15.7. The van der Waals surface area contributed by atoms with Crippen LogP contribution < -0.4 is 14.8 Å². The Kier molecular flexibility index (Phi) is 5.48. The van der Waals surface area contributed by atoms with Crippen LogP contribution in [0.25, 0.3) is 0 Å². The van der Waals surface area contributed by atoms with Crippen LogP contribution in [0.5, 0.6) is 11.5 Å². The van der Waals surface area contributed by atoms with E-state index in [0.29, 0.717) is 11.5 Å². The van der Waals surface area contributed by atoms with E-state index in [4.69, 9.17) is 9.47 Å². The van der Waals surface area contributed by atoms with Crippen LogP contribution in [0.3, 0.4) is 0 Å². The summed E-state index contributed by atoms with van der Waals surface area (Å²) in [5, 5.41) is 2.93. The van der Waals surface area contributed by atoms with E-state index in [2.05, 4.69) is 5.32 Å². The summed E-state index contributed by atoms with van der Waals surface area (Å²) < 4.78 is 11.4. The maximum Gasteiger partial charge on any atom is 0.227 e. The minimum absolute atomic E-state index is 0.00584. The molecule has 2 rings (SSSR count). The molecule has 1 aromatic carbocycles. The quantitative estimate of drug-likeness (QED) is 0.861. The number of hydrogen-bond acceptors (Lipinski definition) is 3. The zero-order valence-electron chi connectivity index (χ0n) is 13.1. The highest BCUT2D eigenvalue weighted by Gasteiger charge is 2.19. The third-order valence-electron chi connectivity index (χ3n) is 4.09. The fourth-order valence-corrected chi connectivity index (χ4v) is 2.48. The molecule has 0 aliphatic heterocycles. The number of amides is 1. The second-order valence-electron chi connectivity index (χ2n) is 5.69. The van der Waals surface area contributed by atoms with Crippen molar-refractivity contribution in [1.82, 2.24) is 0 Å². The van der Waals surface area contributed by atoms with Gasteiger partial charge in [-0.15, -0.1) is 0 Å². The summed E-state index contributed by atoms with van der Waals surface area (Å²) in [6.45, 7) is 3.93. The van der Waals surface area contributed by atoms with Crippen molar-refractivity contribution in [2.75, 3.05) is 12.4 Å². The van der Waals surface area contributed by atoms with Gasteiger partial charge in [-0.3, -0.25) is 4.79 Å². The first-order valence-corrected chi connectivity index (χ1v) is 7.79. The minimum atomic E-state index is 0.00584. The van der Waals surface area contributed by atoms with E-state index in [1.807, 2.05) is 32.0 Å². The number of carbonyl (C=O) groups excluding carboxylic acids is 1. The van der Waals surface area contributed by atoms with Gasteiger partial charge in [-0.25, -0.2) is 0 Å². The molecule has 1 saturated carbocycles. The number of nitrogens with one attached hydrogen (secondary N) is 1. The Morgan fingerprint density at radius 1 is 1.33 bits per heavy atom. The minimum Gasteiger partial charge on any atom is -0.493 e. The van der Waals surface area contributed by atoms with Crippen molar-refractivity contribution in [3.63, 3.8) is 0 Å². The molecule has 1 aromatic rings. The first-order chi connectivity index (χ1) is 10.1. The standard InChI is InChI=1S/C17H25NO3/c1-4-12(2)17(19)18-13-9-10-15(20-3)16(11-13)21-14-7-5-6-8-14/h9-12,14H,4-8H2,1-3H3,(H,18,19). The van der Waals surface area contributed by atoms with Gasteiger partial charge in [0.25, 0.3) is 0 Å². The molecule has 116 valence electrons. The van der Waals surface area contributed by atoms with Gasteiger partial charge in [-0.05, 0) is 44.2 Å². The summed E-state index contributed by atoms with van der Waals surface area (Å²) in [7, 11) is 1.63. The molecule has 21 heavy (non-hydrogen) atoms. The van der Waals surface area contributed by atoms with Crippen molar-refractivity contribution in [2.24, 2.45) is 5.92 Å². The van der Waals surface area contributed by atoms with Gasteiger partial charge in [-0.2, -0.15) is 0 Å². The number of benzene rings is 1. The SMILES string of the molecule is CCC(C)C(=O)Nc1ccc(OC)c(OC2CCCC2)c1. The van der Waals surface area contributed by atoms with Gasteiger partial charge >= 0.3 is 0 Å². The molecule has 0 saturated heterocycles. The molecular weight excluding hydrogens is 266 g/mol. The molecule has 0 aromatic heterocycles. The average Bonchev–Trinajstić information content (AvgIpc) is 2.99. The molecule has 1 N–H and O–H groups in total. The maximum atomic E-state index is 12.0. The Balaban J connectivity index is 2.10. The van der Waals surface area contributed by atoms with Gasteiger partial charge in [0, 0.05) is 17.7 Å². The van der Waals surface area contributed by atoms with E-state index in [9.17, 15) is 4.79 Å². The summed E-state index contributed by atoms with van der Waals surface area (Å²) in [4.78, 5) is 12.0. The third-order valence-corrected chi connectivity index (χ3v) is 4.09. The van der Waals surface area contributed by atoms with Crippen LogP contribution in [0.2, 0.25) is 0 Å². The number of anilines is 1. The highest BCUT2D eigenvalue weighted by Crippen LogP contribution is 2.34. The van der Waals surface area contributed by atoms with Gasteiger partial charge in [0.1, 0.15) is 0 Å². The van der Waals surface area contributed by atoms with Gasteiger partial charge in [0.2, 0.25) is 5.91 Å². The largest absolute Gasteiger partial charge is 0.493 e. The zero-order chi connectivity index (χ0) is 15.2. The molecule has 4 nitrogen and oxygen atoms in total. The summed E-state index contributed by atoms with van der Waals surface area (Å²) >= 11 is 0. The third kappa shape index (κ3) is 4.13. The van der Waals surface area contributed by atoms with Crippen LogP contribution >= 0.6 is 0 Å². The van der Waals surface area contributed by atoms with E-state index in [-0.39, 0.29) is 17.9 Å². The lowest BCUT2D eigenvalue weighted by atomic mass is 10.1. The Morgan fingerprint density at radius 3 is 2.67 bits per heavy atom. The Bertz CT molecular complexity index is 481. The summed E-state index contributed by atoms with van der Waals surface area (Å²) in [5.41, 5.74) is 0.758. The van der Waals surface area contributed by atoms with Crippen molar-refractivity contribution < 1.29 is 14.3 Å². The summed E-state index contributed by atoms with van der Waals surface area (Å²) in [6, 6.07) is 5.55. The van der Waals surface area contributed by atoms with Crippen molar-refractivity contribution in [3.8, 4) is 11.5 Å². The van der Waals surface area contributed by atoms with E-state index < -0.39 is 0 Å². The molecule has 0 spiro atoms. The molecule has 0 bridgehead atoms. The van der Waals surface area contributed by atoms with Gasteiger partial charge in [0.15, 0.2) is 11.5 Å². The topological polar surface area (TPSA) is 47.6 Å². The van der Waals surface area contributed by atoms with Crippen LogP contribution in [0.15, 0.2) is 18.2 Å². The lowest BCUT2D eigenvalue weighted by Gasteiger charge is -2.17. The Hall–Kier alpha value is -1.71. The molecule has 1 aliphatic carbocycles. The second-order valence-corrected chi connectivity index (χ2v) is 5.69. The van der Waals surface area contributed by atoms with Crippen molar-refractivity contribution in [1.29, 1.82) is 0 Å². The molecule has 1 atom stereocenters. The van der Waals surface area contributed by atoms with Crippen LogP contribution in [-0.2, 0) is 4.79 Å². The normalized spacial score (nSPS) is 16.5. The fourth-order valence-electron chi connectivity index (χ4n) is 2.48. The van der Waals surface area contributed by atoms with E-state index in [0.717, 1.165) is 24.9 Å². The van der Waals surface area contributed by atoms with Crippen LogP contribution in [0.1, 0.15) is 46.0 Å². The number of hydrogen-bond donors (Lipinski definition) is 1. The predicted molar refractivity (Wildman–Crippen MR) is 84.0 cm³/mol. The zero-order valence-corrected chi connectivity index (χ0v) is 13.1. The van der Waals surface area contributed by atoms with Gasteiger partial charge in [0.05, 0.1) is 13.2 Å². The lowest BCUT2D eigenvalue weighted by molar-refractivity contribution is -0.119. The maximum absolute atomic E-state index is 12.0. The number of carbonyl (C=O) groups is 1. The Morgan fingerprint density at radius 2 is 2.05 bits per heavy atom. The van der Waals surface area contributed by atoms with Gasteiger partial charge in [-0.1, -0.05) is 13.8 Å². The Labute approximate surface area is 126 Å². The number of ether oxygens (including phenoxy) is 2. The van der Waals surface area contributed by atoms with E-state index in [1.54, 1.807) is 7.11 Å². The van der Waals surface area contributed by atoms with Crippen LogP contribution in [0.4, 0.5) is 5.69 Å². The first-order valence-electron chi connectivity index (χ1n) is 7.79. The predicted octanol–water partition coefficient (Wildman–Crippen LogP) is 4.00. The molecule has 0 radical (unpaired) electrons. The second kappa shape index (κ2) is 7.34. The summed E-state index contributed by atoms with van der Waals surface area (Å²) in [6.07, 6.45) is 5.71. The van der Waals surface area contributed by atoms with E-state index >= 15 is 0 Å². The highest BCUT2D eigenvalue weighted by molar-refractivity contribution is 5.92. The molecule has 1 fully saturated rings. The van der Waals surface area contributed by atoms with E-state index in [1.165, 1.54) is 12.8 Å². The molecule has 1 amide bonds. The molecule has 1 aliphatic rings. The van der Waals surface area contributed by atoms with Crippen LogP contribution in [-0.4, -0.2) is 19.1 Å². The van der Waals surface area contributed by atoms with Gasteiger partial charge < -0.3 is 14.8 Å².